The number of hydrogen-bond acceptors (Lipinski definition) is 8. The van der Waals surface area contributed by atoms with Gasteiger partial charge in [-0.3, -0.25) is 14.4 Å². The second kappa shape index (κ2) is 9.34. The summed E-state index contributed by atoms with van der Waals surface area (Å²) in [6, 6.07) is 0. The molecule has 0 bridgehead atoms. The Balaban J connectivity index is 3.98. The molecule has 116 valence electrons. The van der Waals surface area contributed by atoms with Crippen LogP contribution in [0.1, 0.15) is 0 Å². The van der Waals surface area contributed by atoms with Crippen molar-refractivity contribution in [3.8, 4) is 0 Å². The van der Waals surface area contributed by atoms with Crippen LogP contribution in [0.5, 0.6) is 0 Å². The Kier molecular flexibility index (Phi) is 8.59. The van der Waals surface area contributed by atoms with Gasteiger partial charge in [-0.1, -0.05) is 0 Å². The zero-order valence-electron chi connectivity index (χ0n) is 10.5. The topological polar surface area (TPSA) is 176 Å². The molecule has 0 fully saturated rings. The third-order valence-electron chi connectivity index (χ3n) is 2.26. The average molecular weight is 294 g/mol. The van der Waals surface area contributed by atoms with Crippen molar-refractivity contribution in [1.29, 1.82) is 0 Å². The van der Waals surface area contributed by atoms with Gasteiger partial charge in [0.25, 0.3) is 0 Å². The van der Waals surface area contributed by atoms with E-state index in [0.717, 1.165) is 0 Å². The number of Topliss-reactive ketones (excluding diaryl/α,β-unsaturated/α-hetero) is 1. The predicted molar refractivity (Wildman–Crippen MR) is 63.6 cm³/mol. The van der Waals surface area contributed by atoms with E-state index in [1.807, 2.05) is 5.32 Å². The highest BCUT2D eigenvalue weighted by Crippen LogP contribution is 2.00. The molecule has 10 heteroatoms. The van der Waals surface area contributed by atoms with Crippen molar-refractivity contribution >= 4 is 17.7 Å². The normalized spacial score (nSPS) is 15.2. The minimum Gasteiger partial charge on any atom is -0.480 e. The molecule has 10 nitrogen and oxygen atoms in total. The predicted octanol–water partition coefficient (Wildman–Crippen LogP) is -4.58. The van der Waals surface area contributed by atoms with Gasteiger partial charge in [0, 0.05) is 0 Å². The van der Waals surface area contributed by atoms with Crippen molar-refractivity contribution in [2.24, 2.45) is 0 Å². The molecule has 1 amide bonds. The fourth-order valence-corrected chi connectivity index (χ4v) is 1.15. The monoisotopic (exact) mass is 294 g/mol. The number of ketones is 1. The zero-order valence-corrected chi connectivity index (χ0v) is 10.5. The molecule has 0 rings (SSSR count). The minimum absolute atomic E-state index is 0.357. The first kappa shape index (κ1) is 18.4. The van der Waals surface area contributed by atoms with E-state index in [1.165, 1.54) is 0 Å². The van der Waals surface area contributed by atoms with Gasteiger partial charge < -0.3 is 36.2 Å². The maximum Gasteiger partial charge on any atom is 0.322 e. The van der Waals surface area contributed by atoms with Gasteiger partial charge in [0.15, 0.2) is 5.78 Å². The molecule has 7 N–H and O–H groups in total. The molecular weight excluding hydrogens is 276 g/mol. The number of carbonyl (C=O) groups is 3. The van der Waals surface area contributed by atoms with Crippen LogP contribution >= 0.6 is 0 Å². The Labute approximate surface area is 114 Å². The van der Waals surface area contributed by atoms with E-state index in [0.29, 0.717) is 0 Å². The van der Waals surface area contributed by atoms with Crippen LogP contribution in [-0.2, 0) is 14.4 Å². The molecule has 0 aliphatic carbocycles. The van der Waals surface area contributed by atoms with Crippen LogP contribution in [0.15, 0.2) is 0 Å². The van der Waals surface area contributed by atoms with E-state index in [2.05, 4.69) is 5.32 Å². The highest BCUT2D eigenvalue weighted by Gasteiger charge is 2.29. The van der Waals surface area contributed by atoms with Crippen LogP contribution in [0.25, 0.3) is 0 Å². The van der Waals surface area contributed by atoms with Gasteiger partial charge in [-0.25, -0.2) is 0 Å². The van der Waals surface area contributed by atoms with Crippen LogP contribution in [0.4, 0.5) is 0 Å². The van der Waals surface area contributed by atoms with Crippen molar-refractivity contribution in [2.45, 2.75) is 18.3 Å². The molecule has 0 spiro atoms. The lowest BCUT2D eigenvalue weighted by atomic mass is 10.0. The zero-order chi connectivity index (χ0) is 15.7. The van der Waals surface area contributed by atoms with E-state index >= 15 is 0 Å². The Morgan fingerprint density at radius 3 is 2.10 bits per heavy atom. The second-order valence-corrected chi connectivity index (χ2v) is 3.93. The summed E-state index contributed by atoms with van der Waals surface area (Å²) in [6.07, 6.45) is -5.41. The first-order valence-corrected chi connectivity index (χ1v) is 5.66. The van der Waals surface area contributed by atoms with Crippen LogP contribution in [-0.4, -0.2) is 87.7 Å². The number of aliphatic carboxylic acids is 1. The molecule has 0 unspecified atom stereocenters. The number of aliphatic hydroxyl groups excluding tert-OH is 4. The summed E-state index contributed by atoms with van der Waals surface area (Å²) >= 11 is 0. The van der Waals surface area contributed by atoms with E-state index in [-0.39, 0.29) is 6.54 Å². The van der Waals surface area contributed by atoms with Gasteiger partial charge in [-0.2, -0.15) is 0 Å². The van der Waals surface area contributed by atoms with Crippen molar-refractivity contribution in [3.05, 3.63) is 0 Å². The molecule has 0 saturated carbocycles. The smallest absolute Gasteiger partial charge is 0.322 e. The lowest BCUT2D eigenvalue weighted by molar-refractivity contribution is -0.140. The van der Waals surface area contributed by atoms with E-state index in [4.69, 9.17) is 15.3 Å². The number of nitrogens with one attached hydrogen (secondary N) is 2. The van der Waals surface area contributed by atoms with Gasteiger partial charge in [0.05, 0.1) is 19.7 Å². The molecule has 20 heavy (non-hydrogen) atoms. The molecule has 0 radical (unpaired) electrons. The molecule has 0 aromatic rings. The largest absolute Gasteiger partial charge is 0.480 e. The number of rotatable bonds is 10. The first-order chi connectivity index (χ1) is 9.29. The quantitative estimate of drug-likeness (QED) is 0.209. The third kappa shape index (κ3) is 7.11. The maximum atomic E-state index is 11.4. The lowest BCUT2D eigenvalue weighted by Crippen LogP contribution is -2.47. The molecule has 0 heterocycles. The molecule has 0 aromatic heterocycles. The number of carboxylic acids is 1. The molecule has 0 aliphatic rings. The highest BCUT2D eigenvalue weighted by atomic mass is 16.4. The molecule has 0 saturated heterocycles. The van der Waals surface area contributed by atoms with Gasteiger partial charge in [-0.05, 0) is 0 Å². The SMILES string of the molecule is O=C(O)CNC(=O)CNCC(=O)[C@@H](O)[C@H](O)[C@H](O)CO. The van der Waals surface area contributed by atoms with E-state index in [1.54, 1.807) is 0 Å². The molecule has 0 aromatic carbocycles. The van der Waals surface area contributed by atoms with Gasteiger partial charge in [-0.15, -0.1) is 0 Å². The standard InChI is InChI=1S/C10H18N2O8/c13-4-6(15)10(20)9(19)5(14)1-11-2-7(16)12-3-8(17)18/h6,9-11,13,15,19-20H,1-4H2,(H,12,16)(H,17,18)/t6-,9-,10-/m1/s1. The maximum absolute atomic E-state index is 11.4. The van der Waals surface area contributed by atoms with Crippen molar-refractivity contribution in [2.75, 3.05) is 26.2 Å². The van der Waals surface area contributed by atoms with Crippen LogP contribution < -0.4 is 10.6 Å². The summed E-state index contributed by atoms with van der Waals surface area (Å²) in [5.41, 5.74) is 0. The summed E-state index contributed by atoms with van der Waals surface area (Å²) in [7, 11) is 0. The Morgan fingerprint density at radius 2 is 1.60 bits per heavy atom. The van der Waals surface area contributed by atoms with Crippen LogP contribution in [0.3, 0.4) is 0 Å². The number of carboxylic acid groups (broad SMARTS) is 1. The van der Waals surface area contributed by atoms with Crippen molar-refractivity contribution in [1.82, 2.24) is 10.6 Å². The number of aliphatic hydroxyl groups is 4. The summed E-state index contributed by atoms with van der Waals surface area (Å²) in [5, 5.41) is 48.8. The van der Waals surface area contributed by atoms with E-state index < -0.39 is 55.7 Å². The Hall–Kier alpha value is -1.59. The number of amides is 1. The average Bonchev–Trinajstić information content (AvgIpc) is 2.42. The fraction of sp³-hybridized carbons (Fsp3) is 0.700. The van der Waals surface area contributed by atoms with Gasteiger partial charge >= 0.3 is 5.97 Å². The van der Waals surface area contributed by atoms with Crippen LogP contribution in [0.2, 0.25) is 0 Å². The van der Waals surface area contributed by atoms with Crippen molar-refractivity contribution < 1.29 is 39.9 Å². The highest BCUT2D eigenvalue weighted by molar-refractivity contribution is 5.86. The van der Waals surface area contributed by atoms with E-state index in [9.17, 15) is 24.6 Å². The van der Waals surface area contributed by atoms with Gasteiger partial charge in [0.2, 0.25) is 5.91 Å². The number of hydrogen-bond donors (Lipinski definition) is 7. The first-order valence-electron chi connectivity index (χ1n) is 5.66. The number of carbonyl (C=O) groups excluding carboxylic acids is 2. The molecule has 3 atom stereocenters. The minimum atomic E-state index is -1.91. The summed E-state index contributed by atoms with van der Waals surface area (Å²) < 4.78 is 0. The van der Waals surface area contributed by atoms with Gasteiger partial charge in [0.1, 0.15) is 24.9 Å². The molecular formula is C10H18N2O8. The van der Waals surface area contributed by atoms with Crippen molar-refractivity contribution in [3.63, 3.8) is 0 Å². The summed E-state index contributed by atoms with van der Waals surface area (Å²) in [5.74, 6) is -2.77. The molecule has 0 aliphatic heterocycles. The third-order valence-corrected chi connectivity index (χ3v) is 2.26. The fourth-order valence-electron chi connectivity index (χ4n) is 1.15. The Morgan fingerprint density at radius 1 is 1.00 bits per heavy atom. The lowest BCUT2D eigenvalue weighted by Gasteiger charge is -2.20. The van der Waals surface area contributed by atoms with Crippen LogP contribution in [0, 0.1) is 0 Å². The Bertz CT molecular complexity index is 348. The summed E-state index contributed by atoms with van der Waals surface area (Å²) in [6.45, 7) is -2.21. The summed E-state index contributed by atoms with van der Waals surface area (Å²) in [4.78, 5) is 32.6. The second-order valence-electron chi connectivity index (χ2n) is 3.93.